The number of aromatic amines is 1. The van der Waals surface area contributed by atoms with Crippen LogP contribution in [0.15, 0.2) is 0 Å². The lowest BCUT2D eigenvalue weighted by Crippen LogP contribution is -2.66. The van der Waals surface area contributed by atoms with Gasteiger partial charge in [-0.05, 0) is 25.2 Å². The van der Waals surface area contributed by atoms with Gasteiger partial charge in [0, 0.05) is 12.5 Å². The zero-order chi connectivity index (χ0) is 29.3. The first kappa shape index (κ1) is 30.6. The van der Waals surface area contributed by atoms with Crippen LogP contribution in [0.3, 0.4) is 0 Å². The molecule has 1 saturated carbocycles. The van der Waals surface area contributed by atoms with Gasteiger partial charge in [-0.3, -0.25) is 29.3 Å². The van der Waals surface area contributed by atoms with Crippen molar-refractivity contribution in [2.45, 2.75) is 89.5 Å². The summed E-state index contributed by atoms with van der Waals surface area (Å²) < 4.78 is 0. The summed E-state index contributed by atoms with van der Waals surface area (Å²) in [5, 5.41) is 30.1. The lowest BCUT2D eigenvalue weighted by Gasteiger charge is -2.36. The van der Waals surface area contributed by atoms with Crippen LogP contribution in [-0.2, 0) is 30.5 Å². The number of tetrazole rings is 1. The lowest BCUT2D eigenvalue weighted by molar-refractivity contribution is -0.139. The molecule has 1 aromatic heterocycles. The lowest BCUT2D eigenvalue weighted by atomic mass is 9.92. The van der Waals surface area contributed by atoms with Gasteiger partial charge in [0.15, 0.2) is 17.8 Å². The van der Waals surface area contributed by atoms with Gasteiger partial charge in [-0.2, -0.15) is 5.21 Å². The Morgan fingerprint density at radius 1 is 1.20 bits per heavy atom. The minimum Gasteiger partial charge on any atom is -0.481 e. The highest BCUT2D eigenvalue weighted by atomic mass is 16.4. The van der Waals surface area contributed by atoms with Crippen LogP contribution in [0.25, 0.3) is 0 Å². The second-order valence-electron chi connectivity index (χ2n) is 10.1. The van der Waals surface area contributed by atoms with E-state index in [-0.39, 0.29) is 31.4 Å². The van der Waals surface area contributed by atoms with Gasteiger partial charge in [-0.1, -0.05) is 38.3 Å². The van der Waals surface area contributed by atoms with Crippen molar-refractivity contribution in [2.24, 2.45) is 5.92 Å². The van der Waals surface area contributed by atoms with Crippen LogP contribution in [0.5, 0.6) is 0 Å². The number of carbonyl (C=O) groups is 6. The number of carboxylic acids is 1. The number of H-pyrrole nitrogens is 1. The minimum atomic E-state index is -1.69. The third-order valence-electron chi connectivity index (χ3n) is 7.55. The average Bonchev–Trinajstić information content (AvgIpc) is 3.60. The fourth-order valence-electron chi connectivity index (χ4n) is 5.01. The summed E-state index contributed by atoms with van der Waals surface area (Å²) in [7, 11) is 0. The van der Waals surface area contributed by atoms with Crippen molar-refractivity contribution < 1.29 is 33.9 Å². The number of carbonyl (C=O) groups excluding carboxylic acids is 5. The number of urea groups is 1. The van der Waals surface area contributed by atoms with Crippen molar-refractivity contribution in [2.75, 3.05) is 13.1 Å². The highest BCUT2D eigenvalue weighted by Crippen LogP contribution is 2.28. The summed E-state index contributed by atoms with van der Waals surface area (Å²) in [5.74, 6) is -3.45. The average molecular weight is 564 g/mol. The molecule has 2 aliphatic rings. The van der Waals surface area contributed by atoms with E-state index in [9.17, 15) is 28.8 Å². The normalized spacial score (nSPS) is 20.1. The Morgan fingerprint density at radius 3 is 2.52 bits per heavy atom. The Kier molecular flexibility index (Phi) is 10.6. The van der Waals surface area contributed by atoms with Gasteiger partial charge in [-0.15, -0.1) is 10.2 Å². The molecule has 0 aromatic carbocycles. The third-order valence-corrected chi connectivity index (χ3v) is 7.55. The standard InChI is InChI=1S/C24H37N9O7/c1-3-15(2)24(14-34,27-19(35)9-10-21(37)38)26-12-20(36)33-17(22(39)25-11-18-28-30-31-29-18)13-32(23(33)40)16-7-5-4-6-8-16/h14-17,26H,3-13H2,1-2H3,(H,25,39)(H,27,35)(H,37,38)(H,28,29,30,31)/t15-,17-,24+/m0/s1. The third kappa shape index (κ3) is 7.37. The molecular formula is C24H37N9O7. The first-order valence-corrected chi connectivity index (χ1v) is 13.5. The summed E-state index contributed by atoms with van der Waals surface area (Å²) >= 11 is 0. The molecular weight excluding hydrogens is 526 g/mol. The number of amides is 5. The zero-order valence-corrected chi connectivity index (χ0v) is 22.7. The van der Waals surface area contributed by atoms with E-state index in [0.717, 1.165) is 37.0 Å². The molecule has 0 spiro atoms. The number of hydrogen-bond donors (Lipinski definition) is 5. The number of aldehydes is 1. The Bertz CT molecular complexity index is 1080. The maximum atomic E-state index is 13.5. The summed E-state index contributed by atoms with van der Waals surface area (Å²) in [6, 6.07) is -1.82. The fraction of sp³-hybridized carbons (Fsp3) is 0.708. The predicted molar refractivity (Wildman–Crippen MR) is 137 cm³/mol. The van der Waals surface area contributed by atoms with E-state index in [1.807, 2.05) is 0 Å². The summed E-state index contributed by atoms with van der Waals surface area (Å²) in [4.78, 5) is 78.1. The van der Waals surface area contributed by atoms with Gasteiger partial charge in [0.1, 0.15) is 6.04 Å². The molecule has 16 nitrogen and oxygen atoms in total. The number of nitrogens with one attached hydrogen (secondary N) is 4. The molecule has 1 saturated heterocycles. The van der Waals surface area contributed by atoms with Crippen LogP contribution in [0, 0.1) is 5.92 Å². The molecule has 220 valence electrons. The molecule has 0 radical (unpaired) electrons. The van der Waals surface area contributed by atoms with E-state index in [0.29, 0.717) is 12.7 Å². The minimum absolute atomic E-state index is 0.0173. The second kappa shape index (κ2) is 13.9. The van der Waals surface area contributed by atoms with Crippen LogP contribution >= 0.6 is 0 Å². The van der Waals surface area contributed by atoms with Crippen molar-refractivity contribution in [3.8, 4) is 0 Å². The van der Waals surface area contributed by atoms with Crippen LogP contribution in [-0.4, -0.2) is 102 Å². The van der Waals surface area contributed by atoms with Crippen LogP contribution in [0.2, 0.25) is 0 Å². The number of nitrogens with zero attached hydrogens (tertiary/aromatic N) is 5. The smallest absolute Gasteiger partial charge is 0.327 e. The Morgan fingerprint density at radius 2 is 1.93 bits per heavy atom. The predicted octanol–water partition coefficient (Wildman–Crippen LogP) is -0.707. The largest absolute Gasteiger partial charge is 0.481 e. The fourth-order valence-corrected chi connectivity index (χ4v) is 5.01. The molecule has 1 aliphatic heterocycles. The number of rotatable bonds is 14. The topological polar surface area (TPSA) is 220 Å². The number of hydrogen-bond acceptors (Lipinski definition) is 10. The Hall–Kier alpha value is -3.95. The SMILES string of the molecule is CC[C@H](C)[C@](C=O)(NCC(=O)N1C(=O)N(C2CCCCC2)C[C@H]1C(=O)NCc1nn[nH]n1)NC(=O)CCC(=O)O. The first-order valence-electron chi connectivity index (χ1n) is 13.5. The van der Waals surface area contributed by atoms with Crippen molar-refractivity contribution in [1.29, 1.82) is 0 Å². The maximum absolute atomic E-state index is 13.5. The summed E-state index contributed by atoms with van der Waals surface area (Å²) in [6.45, 7) is 2.88. The zero-order valence-electron chi connectivity index (χ0n) is 22.7. The van der Waals surface area contributed by atoms with Gasteiger partial charge < -0.3 is 20.6 Å². The van der Waals surface area contributed by atoms with Gasteiger partial charge in [0.05, 0.1) is 26.1 Å². The molecule has 1 aromatic rings. The summed E-state index contributed by atoms with van der Waals surface area (Å²) in [5.41, 5.74) is -1.69. The van der Waals surface area contributed by atoms with Crippen LogP contribution in [0.4, 0.5) is 4.79 Å². The molecule has 2 fully saturated rings. The van der Waals surface area contributed by atoms with Gasteiger partial charge >= 0.3 is 12.0 Å². The van der Waals surface area contributed by atoms with Gasteiger partial charge in [0.25, 0.3) is 0 Å². The van der Waals surface area contributed by atoms with Crippen molar-refractivity contribution >= 4 is 36.0 Å². The monoisotopic (exact) mass is 563 g/mol. The second-order valence-corrected chi connectivity index (χ2v) is 10.1. The number of carboxylic acid groups (broad SMARTS) is 1. The van der Waals surface area contributed by atoms with E-state index in [1.54, 1.807) is 18.7 Å². The molecule has 5 amide bonds. The van der Waals surface area contributed by atoms with E-state index in [2.05, 4.69) is 36.6 Å². The van der Waals surface area contributed by atoms with Crippen LogP contribution in [0.1, 0.15) is 71.0 Å². The van der Waals surface area contributed by atoms with E-state index in [1.165, 1.54) is 0 Å². The van der Waals surface area contributed by atoms with E-state index >= 15 is 0 Å². The molecule has 2 heterocycles. The first-order chi connectivity index (χ1) is 19.1. The van der Waals surface area contributed by atoms with Crippen molar-refractivity contribution in [1.82, 2.24) is 46.4 Å². The van der Waals surface area contributed by atoms with Crippen LogP contribution < -0.4 is 16.0 Å². The number of aromatic nitrogens is 4. The molecule has 5 N–H and O–H groups in total. The maximum Gasteiger partial charge on any atom is 0.327 e. The van der Waals surface area contributed by atoms with Gasteiger partial charge in [0.2, 0.25) is 17.7 Å². The summed E-state index contributed by atoms with van der Waals surface area (Å²) in [6.07, 6.45) is 4.58. The molecule has 1 aliphatic carbocycles. The molecule has 16 heteroatoms. The van der Waals surface area contributed by atoms with Crippen molar-refractivity contribution in [3.63, 3.8) is 0 Å². The van der Waals surface area contributed by atoms with Gasteiger partial charge in [-0.25, -0.2) is 9.69 Å². The Balaban J connectivity index is 1.77. The Labute approximate surface area is 231 Å². The molecule has 3 rings (SSSR count). The van der Waals surface area contributed by atoms with E-state index in [4.69, 9.17) is 5.11 Å². The number of aliphatic carboxylic acids is 1. The molecule has 40 heavy (non-hydrogen) atoms. The highest BCUT2D eigenvalue weighted by Gasteiger charge is 2.48. The molecule has 0 bridgehead atoms. The quantitative estimate of drug-likeness (QED) is 0.141. The number of imide groups is 1. The van der Waals surface area contributed by atoms with E-state index < -0.39 is 60.3 Å². The van der Waals surface area contributed by atoms with Crippen molar-refractivity contribution in [3.05, 3.63) is 5.82 Å². The molecule has 3 atom stereocenters. The molecule has 0 unspecified atom stereocenters. The highest BCUT2D eigenvalue weighted by molar-refractivity contribution is 6.03.